The molecule has 0 bridgehead atoms. The largest absolute Gasteiger partial charge is 0.287 e. The van der Waals surface area contributed by atoms with E-state index in [4.69, 9.17) is 23.2 Å². The first kappa shape index (κ1) is 13.1. The second-order valence-corrected chi connectivity index (χ2v) is 4.87. The van der Waals surface area contributed by atoms with Crippen LogP contribution in [0, 0.1) is 0 Å². The Morgan fingerprint density at radius 1 is 1.28 bits per heavy atom. The molecule has 0 aliphatic rings. The van der Waals surface area contributed by atoms with E-state index in [0.29, 0.717) is 21.4 Å². The van der Waals surface area contributed by atoms with Gasteiger partial charge < -0.3 is 0 Å². The molecule has 2 aromatic rings. The number of nitrogens with zero attached hydrogens (tertiary/aromatic N) is 3. The Hall–Kier alpha value is -1.39. The van der Waals surface area contributed by atoms with Gasteiger partial charge in [0.25, 0.3) is 0 Å². The minimum Gasteiger partial charge on any atom is -0.287 e. The second kappa shape index (κ2) is 5.08. The minimum atomic E-state index is -0.213. The smallest absolute Gasteiger partial charge is 0.214 e. The van der Waals surface area contributed by atoms with Crippen molar-refractivity contribution in [1.82, 2.24) is 14.8 Å². The molecule has 2 aromatic heterocycles. The van der Waals surface area contributed by atoms with Gasteiger partial charge in [-0.05, 0) is 26.0 Å². The van der Waals surface area contributed by atoms with Gasteiger partial charge in [-0.25, -0.2) is 4.98 Å². The van der Waals surface area contributed by atoms with E-state index >= 15 is 0 Å². The normalized spacial score (nSPS) is 10.9. The number of carbonyl (C=O) groups excluding carboxylic acids is 1. The number of rotatable bonds is 3. The SMILES string of the molecule is CC(C)n1ncc(Cl)c1C(=O)c1ccc(Cl)nc1. The van der Waals surface area contributed by atoms with Gasteiger partial charge in [0, 0.05) is 17.8 Å². The molecule has 94 valence electrons. The molecule has 0 amide bonds. The van der Waals surface area contributed by atoms with Gasteiger partial charge in [-0.1, -0.05) is 23.2 Å². The molecule has 0 saturated heterocycles. The summed E-state index contributed by atoms with van der Waals surface area (Å²) in [6, 6.07) is 3.24. The molecule has 0 aliphatic heterocycles. The van der Waals surface area contributed by atoms with Gasteiger partial charge in [0.1, 0.15) is 10.8 Å². The lowest BCUT2D eigenvalue weighted by Crippen LogP contribution is -2.14. The molecule has 0 saturated carbocycles. The Morgan fingerprint density at radius 2 is 2.00 bits per heavy atom. The molecule has 2 heterocycles. The van der Waals surface area contributed by atoms with E-state index in [2.05, 4.69) is 10.1 Å². The van der Waals surface area contributed by atoms with Gasteiger partial charge in [0.2, 0.25) is 5.78 Å². The summed E-state index contributed by atoms with van der Waals surface area (Å²) in [6.07, 6.45) is 2.90. The van der Waals surface area contributed by atoms with E-state index in [1.807, 2.05) is 13.8 Å². The summed E-state index contributed by atoms with van der Waals surface area (Å²) < 4.78 is 1.60. The van der Waals surface area contributed by atoms with Crippen molar-refractivity contribution in [2.75, 3.05) is 0 Å². The average Bonchev–Trinajstić information content (AvgIpc) is 2.71. The van der Waals surface area contributed by atoms with Crippen LogP contribution in [0.5, 0.6) is 0 Å². The maximum Gasteiger partial charge on any atom is 0.214 e. The molecule has 0 fully saturated rings. The van der Waals surface area contributed by atoms with Crippen molar-refractivity contribution in [3.63, 3.8) is 0 Å². The Bertz CT molecular complexity index is 576. The molecule has 0 radical (unpaired) electrons. The van der Waals surface area contributed by atoms with Crippen LogP contribution in [0.25, 0.3) is 0 Å². The quantitative estimate of drug-likeness (QED) is 0.641. The molecule has 6 heteroatoms. The van der Waals surface area contributed by atoms with Crippen LogP contribution in [0.1, 0.15) is 35.9 Å². The van der Waals surface area contributed by atoms with Crippen LogP contribution < -0.4 is 0 Å². The zero-order valence-electron chi connectivity index (χ0n) is 9.89. The summed E-state index contributed by atoms with van der Waals surface area (Å²) >= 11 is 11.7. The van der Waals surface area contributed by atoms with E-state index in [9.17, 15) is 4.79 Å². The summed E-state index contributed by atoms with van der Waals surface area (Å²) in [5, 5.41) is 4.78. The lowest BCUT2D eigenvalue weighted by molar-refractivity contribution is 0.102. The third-order valence-electron chi connectivity index (χ3n) is 2.44. The number of hydrogen-bond acceptors (Lipinski definition) is 3. The summed E-state index contributed by atoms with van der Waals surface area (Å²) in [7, 11) is 0. The fraction of sp³-hybridized carbons (Fsp3) is 0.250. The van der Waals surface area contributed by atoms with Crippen molar-refractivity contribution in [2.45, 2.75) is 19.9 Å². The molecule has 2 rings (SSSR count). The van der Waals surface area contributed by atoms with E-state index in [0.717, 1.165) is 0 Å². The third kappa shape index (κ3) is 2.40. The monoisotopic (exact) mass is 283 g/mol. The molecule has 0 atom stereocenters. The summed E-state index contributed by atoms with van der Waals surface area (Å²) in [4.78, 5) is 16.2. The molecule has 0 aliphatic carbocycles. The number of pyridine rings is 1. The van der Waals surface area contributed by atoms with Gasteiger partial charge in [0.15, 0.2) is 0 Å². The molecule has 0 unspecified atom stereocenters. The van der Waals surface area contributed by atoms with E-state index in [1.165, 1.54) is 12.4 Å². The number of carbonyl (C=O) groups is 1. The van der Waals surface area contributed by atoms with Crippen LogP contribution in [0.15, 0.2) is 24.5 Å². The first-order chi connectivity index (χ1) is 8.50. The standard InChI is InChI=1S/C12H11Cl2N3O/c1-7(2)17-11(9(13)6-16-17)12(18)8-3-4-10(14)15-5-8/h3-7H,1-2H3. The Morgan fingerprint density at radius 3 is 2.56 bits per heavy atom. The van der Waals surface area contributed by atoms with Gasteiger partial charge in [-0.3, -0.25) is 9.48 Å². The van der Waals surface area contributed by atoms with Gasteiger partial charge in [-0.15, -0.1) is 0 Å². The molecule has 0 spiro atoms. The Labute approximate surface area is 115 Å². The van der Waals surface area contributed by atoms with Gasteiger partial charge in [0.05, 0.1) is 11.2 Å². The zero-order chi connectivity index (χ0) is 13.3. The molecule has 0 aromatic carbocycles. The van der Waals surface area contributed by atoms with Crippen molar-refractivity contribution in [3.8, 4) is 0 Å². The lowest BCUT2D eigenvalue weighted by Gasteiger charge is -2.10. The van der Waals surface area contributed by atoms with Crippen molar-refractivity contribution in [3.05, 3.63) is 46.0 Å². The highest BCUT2D eigenvalue weighted by molar-refractivity contribution is 6.34. The number of hydrogen-bond donors (Lipinski definition) is 0. The summed E-state index contributed by atoms with van der Waals surface area (Å²) in [5.41, 5.74) is 0.805. The van der Waals surface area contributed by atoms with Crippen LogP contribution >= 0.6 is 23.2 Å². The number of ketones is 1. The lowest BCUT2D eigenvalue weighted by atomic mass is 10.1. The molecule has 18 heavy (non-hydrogen) atoms. The summed E-state index contributed by atoms with van der Waals surface area (Å²) in [6.45, 7) is 3.86. The zero-order valence-corrected chi connectivity index (χ0v) is 11.4. The van der Waals surface area contributed by atoms with Crippen LogP contribution in [0.3, 0.4) is 0 Å². The third-order valence-corrected chi connectivity index (χ3v) is 2.94. The van der Waals surface area contributed by atoms with E-state index in [1.54, 1.807) is 16.8 Å². The topological polar surface area (TPSA) is 47.8 Å². The van der Waals surface area contributed by atoms with Crippen LogP contribution in [0.2, 0.25) is 10.2 Å². The maximum absolute atomic E-state index is 12.3. The Balaban J connectivity index is 2.45. The van der Waals surface area contributed by atoms with Crippen LogP contribution in [-0.4, -0.2) is 20.5 Å². The van der Waals surface area contributed by atoms with Gasteiger partial charge in [-0.2, -0.15) is 5.10 Å². The molecular formula is C12H11Cl2N3O. The predicted octanol–water partition coefficient (Wildman–Crippen LogP) is 3.40. The summed E-state index contributed by atoms with van der Waals surface area (Å²) in [5.74, 6) is -0.213. The number of aromatic nitrogens is 3. The van der Waals surface area contributed by atoms with Gasteiger partial charge >= 0.3 is 0 Å². The van der Waals surface area contributed by atoms with Crippen molar-refractivity contribution >= 4 is 29.0 Å². The highest BCUT2D eigenvalue weighted by Crippen LogP contribution is 2.22. The Kier molecular flexibility index (Phi) is 3.68. The van der Waals surface area contributed by atoms with E-state index in [-0.39, 0.29) is 11.8 Å². The minimum absolute atomic E-state index is 0.0525. The van der Waals surface area contributed by atoms with Crippen molar-refractivity contribution in [2.24, 2.45) is 0 Å². The number of halogens is 2. The molecule has 0 N–H and O–H groups in total. The van der Waals surface area contributed by atoms with Crippen molar-refractivity contribution < 1.29 is 4.79 Å². The second-order valence-electron chi connectivity index (χ2n) is 4.08. The predicted molar refractivity (Wildman–Crippen MR) is 70.3 cm³/mol. The average molecular weight is 284 g/mol. The highest BCUT2D eigenvalue weighted by atomic mass is 35.5. The fourth-order valence-electron chi connectivity index (χ4n) is 1.59. The van der Waals surface area contributed by atoms with Crippen LogP contribution in [-0.2, 0) is 0 Å². The molecular weight excluding hydrogens is 273 g/mol. The first-order valence-electron chi connectivity index (χ1n) is 5.40. The van der Waals surface area contributed by atoms with Crippen LogP contribution in [0.4, 0.5) is 0 Å². The molecule has 4 nitrogen and oxygen atoms in total. The highest BCUT2D eigenvalue weighted by Gasteiger charge is 2.20. The maximum atomic E-state index is 12.3. The first-order valence-corrected chi connectivity index (χ1v) is 6.15. The fourth-order valence-corrected chi connectivity index (χ4v) is 1.92. The van der Waals surface area contributed by atoms with Crippen molar-refractivity contribution in [1.29, 1.82) is 0 Å². The van der Waals surface area contributed by atoms with E-state index < -0.39 is 0 Å².